The number of anilines is 1. The van der Waals surface area contributed by atoms with Gasteiger partial charge in [-0.1, -0.05) is 20.8 Å². The van der Waals surface area contributed by atoms with Crippen molar-refractivity contribution in [1.29, 1.82) is 0 Å². The fraction of sp³-hybridized carbons (Fsp3) is 0.643. The third-order valence-electron chi connectivity index (χ3n) is 3.38. The van der Waals surface area contributed by atoms with Crippen molar-refractivity contribution in [1.82, 2.24) is 15.3 Å². The molecule has 0 radical (unpaired) electrons. The summed E-state index contributed by atoms with van der Waals surface area (Å²) >= 11 is 0. The van der Waals surface area contributed by atoms with E-state index in [0.717, 1.165) is 31.7 Å². The second kappa shape index (κ2) is 5.55. The zero-order valence-corrected chi connectivity index (χ0v) is 11.9. The Labute approximate surface area is 114 Å². The highest BCUT2D eigenvalue weighted by molar-refractivity contribution is 5.81. The van der Waals surface area contributed by atoms with E-state index in [1.807, 2.05) is 20.8 Å². The lowest BCUT2D eigenvalue weighted by atomic mass is 9.94. The molecule has 1 saturated heterocycles. The Hall–Kier alpha value is -1.65. The van der Waals surface area contributed by atoms with Crippen molar-refractivity contribution >= 4 is 11.7 Å². The summed E-state index contributed by atoms with van der Waals surface area (Å²) in [4.78, 5) is 22.5. The van der Waals surface area contributed by atoms with Gasteiger partial charge in [0.15, 0.2) is 0 Å². The average Bonchev–Trinajstić information content (AvgIpc) is 2.39. The van der Waals surface area contributed by atoms with Gasteiger partial charge >= 0.3 is 0 Å². The quantitative estimate of drug-likeness (QED) is 0.879. The highest BCUT2D eigenvalue weighted by atomic mass is 16.2. The van der Waals surface area contributed by atoms with Crippen molar-refractivity contribution in [2.24, 2.45) is 5.41 Å². The molecule has 19 heavy (non-hydrogen) atoms. The van der Waals surface area contributed by atoms with E-state index in [4.69, 9.17) is 0 Å². The molecule has 0 aliphatic carbocycles. The molecule has 2 heterocycles. The van der Waals surface area contributed by atoms with Crippen LogP contribution in [0.1, 0.15) is 33.6 Å². The third-order valence-corrected chi connectivity index (χ3v) is 3.38. The van der Waals surface area contributed by atoms with Crippen LogP contribution in [-0.4, -0.2) is 35.0 Å². The van der Waals surface area contributed by atoms with Crippen molar-refractivity contribution in [3.63, 3.8) is 0 Å². The van der Waals surface area contributed by atoms with Gasteiger partial charge in [0.25, 0.3) is 0 Å². The van der Waals surface area contributed by atoms with Crippen molar-refractivity contribution in [2.45, 2.75) is 39.7 Å². The minimum atomic E-state index is -0.317. The summed E-state index contributed by atoms with van der Waals surface area (Å²) < 4.78 is 0. The van der Waals surface area contributed by atoms with Gasteiger partial charge in [-0.3, -0.25) is 9.78 Å². The molecule has 0 bridgehead atoms. The zero-order valence-electron chi connectivity index (χ0n) is 11.9. The predicted octanol–water partition coefficient (Wildman–Crippen LogP) is 1.61. The molecule has 1 fully saturated rings. The molecule has 0 atom stereocenters. The van der Waals surface area contributed by atoms with Gasteiger partial charge in [0.2, 0.25) is 5.91 Å². The van der Waals surface area contributed by atoms with Crippen molar-refractivity contribution in [2.75, 3.05) is 18.0 Å². The highest BCUT2D eigenvalue weighted by Crippen LogP contribution is 2.19. The van der Waals surface area contributed by atoms with E-state index in [9.17, 15) is 4.79 Å². The Morgan fingerprint density at radius 1 is 1.32 bits per heavy atom. The molecule has 1 aromatic heterocycles. The molecule has 1 aliphatic rings. The van der Waals surface area contributed by atoms with Gasteiger partial charge in [0, 0.05) is 36.9 Å². The number of aromatic nitrogens is 2. The first-order valence-electron chi connectivity index (χ1n) is 6.79. The molecule has 0 saturated carbocycles. The van der Waals surface area contributed by atoms with E-state index < -0.39 is 0 Å². The number of hydrogen-bond donors (Lipinski definition) is 1. The van der Waals surface area contributed by atoms with Gasteiger partial charge in [0.1, 0.15) is 5.82 Å². The van der Waals surface area contributed by atoms with Gasteiger partial charge in [-0.2, -0.15) is 0 Å². The molecular weight excluding hydrogens is 240 g/mol. The van der Waals surface area contributed by atoms with Gasteiger partial charge < -0.3 is 10.2 Å². The summed E-state index contributed by atoms with van der Waals surface area (Å²) in [5.74, 6) is 1.05. The summed E-state index contributed by atoms with van der Waals surface area (Å²) in [7, 11) is 0. The van der Waals surface area contributed by atoms with Crippen molar-refractivity contribution in [3.8, 4) is 0 Å². The Kier molecular flexibility index (Phi) is 4.02. The smallest absolute Gasteiger partial charge is 0.225 e. The van der Waals surface area contributed by atoms with Crippen LogP contribution in [0.15, 0.2) is 18.6 Å². The Bertz CT molecular complexity index is 419. The largest absolute Gasteiger partial charge is 0.355 e. The summed E-state index contributed by atoms with van der Waals surface area (Å²) in [6, 6.07) is 0.277. The molecule has 1 aromatic rings. The molecule has 0 unspecified atom stereocenters. The van der Waals surface area contributed by atoms with Gasteiger partial charge in [-0.15, -0.1) is 0 Å². The number of carbonyl (C=O) groups excluding carboxylic acids is 1. The summed E-state index contributed by atoms with van der Waals surface area (Å²) in [6.45, 7) is 7.65. The number of rotatable bonds is 2. The average molecular weight is 262 g/mol. The molecule has 0 spiro atoms. The Morgan fingerprint density at radius 2 is 2.00 bits per heavy atom. The van der Waals surface area contributed by atoms with E-state index in [2.05, 4.69) is 20.2 Å². The number of nitrogens with zero attached hydrogens (tertiary/aromatic N) is 3. The van der Waals surface area contributed by atoms with Gasteiger partial charge in [-0.25, -0.2) is 4.98 Å². The van der Waals surface area contributed by atoms with Crippen molar-refractivity contribution in [3.05, 3.63) is 18.6 Å². The fourth-order valence-corrected chi connectivity index (χ4v) is 2.11. The summed E-state index contributed by atoms with van der Waals surface area (Å²) in [5, 5.41) is 3.13. The van der Waals surface area contributed by atoms with E-state index >= 15 is 0 Å². The van der Waals surface area contributed by atoms with Crippen LogP contribution in [0.5, 0.6) is 0 Å². The van der Waals surface area contributed by atoms with Crippen LogP contribution >= 0.6 is 0 Å². The van der Waals surface area contributed by atoms with Crippen LogP contribution < -0.4 is 10.2 Å². The number of piperidine rings is 1. The van der Waals surface area contributed by atoms with Crippen LogP contribution in [0.25, 0.3) is 0 Å². The summed E-state index contributed by atoms with van der Waals surface area (Å²) in [6.07, 6.45) is 7.09. The van der Waals surface area contributed by atoms with Crippen LogP contribution in [0.3, 0.4) is 0 Å². The topological polar surface area (TPSA) is 58.1 Å². The molecule has 5 nitrogen and oxygen atoms in total. The highest BCUT2D eigenvalue weighted by Gasteiger charge is 2.26. The first kappa shape index (κ1) is 13.8. The van der Waals surface area contributed by atoms with E-state index in [0.29, 0.717) is 0 Å². The lowest BCUT2D eigenvalue weighted by molar-refractivity contribution is -0.129. The van der Waals surface area contributed by atoms with Crippen LogP contribution in [-0.2, 0) is 4.79 Å². The molecule has 0 aromatic carbocycles. The number of nitrogens with one attached hydrogen (secondary N) is 1. The predicted molar refractivity (Wildman–Crippen MR) is 74.9 cm³/mol. The number of amides is 1. The minimum absolute atomic E-state index is 0.130. The van der Waals surface area contributed by atoms with E-state index in [1.165, 1.54) is 0 Å². The Balaban J connectivity index is 1.85. The number of carbonyl (C=O) groups is 1. The van der Waals surface area contributed by atoms with Crippen LogP contribution in [0.4, 0.5) is 5.82 Å². The zero-order chi connectivity index (χ0) is 13.9. The number of hydrogen-bond acceptors (Lipinski definition) is 4. The monoisotopic (exact) mass is 262 g/mol. The molecule has 1 aliphatic heterocycles. The molecule has 1 N–H and O–H groups in total. The maximum absolute atomic E-state index is 11.9. The first-order valence-corrected chi connectivity index (χ1v) is 6.79. The normalized spacial score (nSPS) is 17.3. The first-order chi connectivity index (χ1) is 8.97. The molecule has 5 heteroatoms. The molecular formula is C14H22N4O. The maximum Gasteiger partial charge on any atom is 0.225 e. The fourth-order valence-electron chi connectivity index (χ4n) is 2.11. The minimum Gasteiger partial charge on any atom is -0.355 e. The Morgan fingerprint density at radius 3 is 2.53 bits per heavy atom. The van der Waals surface area contributed by atoms with Crippen molar-refractivity contribution < 1.29 is 4.79 Å². The SMILES string of the molecule is CC(C)(C)C(=O)NC1CCN(c2cnccn2)CC1. The second-order valence-electron chi connectivity index (χ2n) is 6.05. The lowest BCUT2D eigenvalue weighted by Crippen LogP contribution is -2.47. The van der Waals surface area contributed by atoms with E-state index in [-0.39, 0.29) is 17.4 Å². The molecule has 1 amide bonds. The lowest BCUT2D eigenvalue weighted by Gasteiger charge is -2.34. The standard InChI is InChI=1S/C14H22N4O/c1-14(2,3)13(19)17-11-4-8-18(9-5-11)12-10-15-6-7-16-12/h6-7,10-11H,4-5,8-9H2,1-3H3,(H,17,19). The summed E-state index contributed by atoms with van der Waals surface area (Å²) in [5.41, 5.74) is -0.317. The van der Waals surface area contributed by atoms with Gasteiger partial charge in [-0.05, 0) is 12.8 Å². The molecule has 104 valence electrons. The van der Waals surface area contributed by atoms with Crippen LogP contribution in [0.2, 0.25) is 0 Å². The maximum atomic E-state index is 11.9. The van der Waals surface area contributed by atoms with E-state index in [1.54, 1.807) is 18.6 Å². The van der Waals surface area contributed by atoms with Gasteiger partial charge in [0.05, 0.1) is 6.20 Å². The van der Waals surface area contributed by atoms with Crippen LogP contribution in [0, 0.1) is 5.41 Å². The molecule has 2 rings (SSSR count). The second-order valence-corrected chi connectivity index (χ2v) is 6.05. The third kappa shape index (κ3) is 3.66.